The van der Waals surface area contributed by atoms with Gasteiger partial charge in [-0.15, -0.1) is 0 Å². The number of aromatic nitrogens is 2. The average Bonchev–Trinajstić information content (AvgIpc) is 3.05. The number of amides is 2. The lowest BCUT2D eigenvalue weighted by atomic mass is 10.2. The summed E-state index contributed by atoms with van der Waals surface area (Å²) in [5.41, 5.74) is 2.96. The van der Waals surface area contributed by atoms with Crippen molar-refractivity contribution in [3.8, 4) is 5.69 Å². The zero-order chi connectivity index (χ0) is 19.4. The van der Waals surface area contributed by atoms with Crippen molar-refractivity contribution in [2.75, 3.05) is 18.9 Å². The maximum absolute atomic E-state index is 12.8. The number of anilines is 1. The maximum Gasteiger partial charge on any atom is 0.272 e. The van der Waals surface area contributed by atoms with Crippen LogP contribution in [0, 0.1) is 11.7 Å². The normalized spacial score (nSPS) is 10.4. The minimum Gasteiger partial charge on any atom is -0.336 e. The van der Waals surface area contributed by atoms with Gasteiger partial charge in [0.15, 0.2) is 4.77 Å². The van der Waals surface area contributed by atoms with E-state index in [4.69, 9.17) is 12.2 Å². The first-order chi connectivity index (χ1) is 13.0. The van der Waals surface area contributed by atoms with Crippen molar-refractivity contribution in [2.45, 2.75) is 6.92 Å². The summed E-state index contributed by atoms with van der Waals surface area (Å²) >= 11 is 5.30. The third kappa shape index (κ3) is 4.32. The van der Waals surface area contributed by atoms with Gasteiger partial charge in [0.05, 0.1) is 6.54 Å². The van der Waals surface area contributed by atoms with Crippen molar-refractivity contribution < 1.29 is 9.59 Å². The second-order valence-corrected chi connectivity index (χ2v) is 6.61. The van der Waals surface area contributed by atoms with Gasteiger partial charge < -0.3 is 15.2 Å². The van der Waals surface area contributed by atoms with E-state index in [-0.39, 0.29) is 18.4 Å². The highest BCUT2D eigenvalue weighted by molar-refractivity contribution is 7.71. The molecule has 0 saturated heterocycles. The van der Waals surface area contributed by atoms with E-state index in [0.29, 0.717) is 16.2 Å². The molecule has 2 amide bonds. The van der Waals surface area contributed by atoms with Gasteiger partial charge in [0.2, 0.25) is 5.91 Å². The van der Waals surface area contributed by atoms with Crippen LogP contribution in [0.4, 0.5) is 5.69 Å². The SMILES string of the molecule is Cc1ccc(NC(=O)CN(C)C(=O)c2c[nH]c(=S)n2-c2ccccc2)cc1. The molecular formula is C20H20N4O2S. The van der Waals surface area contributed by atoms with Gasteiger partial charge >= 0.3 is 0 Å². The Morgan fingerprint density at radius 3 is 2.44 bits per heavy atom. The van der Waals surface area contributed by atoms with E-state index in [2.05, 4.69) is 10.3 Å². The van der Waals surface area contributed by atoms with Gasteiger partial charge in [-0.3, -0.25) is 14.2 Å². The van der Waals surface area contributed by atoms with Crippen LogP contribution in [0.15, 0.2) is 60.8 Å². The zero-order valence-electron chi connectivity index (χ0n) is 15.1. The Balaban J connectivity index is 1.73. The summed E-state index contributed by atoms with van der Waals surface area (Å²) in [5, 5.41) is 2.79. The standard InChI is InChI=1S/C20H20N4O2S/c1-14-8-10-15(11-9-14)22-18(25)13-23(2)19(26)17-12-21-20(27)24(17)16-6-4-3-5-7-16/h3-12H,13H2,1-2H3,(H,21,27)(H,22,25). The minimum atomic E-state index is -0.301. The highest BCUT2D eigenvalue weighted by Gasteiger charge is 2.20. The summed E-state index contributed by atoms with van der Waals surface area (Å²) in [5.74, 6) is -0.569. The number of aromatic amines is 1. The summed E-state index contributed by atoms with van der Waals surface area (Å²) in [6, 6.07) is 16.9. The summed E-state index contributed by atoms with van der Waals surface area (Å²) in [4.78, 5) is 29.4. The lowest BCUT2D eigenvalue weighted by molar-refractivity contribution is -0.116. The van der Waals surface area contributed by atoms with Crippen molar-refractivity contribution in [1.82, 2.24) is 14.5 Å². The Morgan fingerprint density at radius 1 is 1.11 bits per heavy atom. The molecule has 2 N–H and O–H groups in total. The minimum absolute atomic E-state index is 0.0700. The van der Waals surface area contributed by atoms with Crippen LogP contribution in [0.5, 0.6) is 0 Å². The van der Waals surface area contributed by atoms with Crippen LogP contribution in [0.1, 0.15) is 16.1 Å². The average molecular weight is 380 g/mol. The van der Waals surface area contributed by atoms with Gasteiger partial charge in [-0.25, -0.2) is 0 Å². The number of nitrogens with one attached hydrogen (secondary N) is 2. The number of likely N-dealkylation sites (N-methyl/N-ethyl adjacent to an activating group) is 1. The highest BCUT2D eigenvalue weighted by Crippen LogP contribution is 2.14. The monoisotopic (exact) mass is 380 g/mol. The molecule has 0 fully saturated rings. The van der Waals surface area contributed by atoms with E-state index in [1.54, 1.807) is 17.8 Å². The third-order valence-corrected chi connectivity index (χ3v) is 4.37. The molecule has 7 heteroatoms. The second-order valence-electron chi connectivity index (χ2n) is 6.23. The van der Waals surface area contributed by atoms with Gasteiger partial charge in [0, 0.05) is 24.6 Å². The van der Waals surface area contributed by atoms with Crippen LogP contribution < -0.4 is 5.32 Å². The topological polar surface area (TPSA) is 70.1 Å². The number of imidazole rings is 1. The van der Waals surface area contributed by atoms with Crippen molar-refractivity contribution in [3.63, 3.8) is 0 Å². The fourth-order valence-corrected chi connectivity index (χ4v) is 2.94. The molecule has 0 atom stereocenters. The molecular weight excluding hydrogens is 360 g/mol. The Morgan fingerprint density at radius 2 is 1.78 bits per heavy atom. The van der Waals surface area contributed by atoms with Gasteiger partial charge in [-0.1, -0.05) is 35.9 Å². The summed E-state index contributed by atoms with van der Waals surface area (Å²) in [6.45, 7) is 1.91. The van der Waals surface area contributed by atoms with E-state index in [9.17, 15) is 9.59 Å². The van der Waals surface area contributed by atoms with Crippen molar-refractivity contribution in [1.29, 1.82) is 0 Å². The Bertz CT molecular complexity index is 1010. The summed E-state index contributed by atoms with van der Waals surface area (Å²) in [7, 11) is 1.59. The van der Waals surface area contributed by atoms with E-state index in [1.807, 2.05) is 61.5 Å². The van der Waals surface area contributed by atoms with Crippen LogP contribution in [-0.2, 0) is 4.79 Å². The number of aryl methyl sites for hydroxylation is 1. The molecule has 0 radical (unpaired) electrons. The maximum atomic E-state index is 12.8. The van der Waals surface area contributed by atoms with Crippen LogP contribution >= 0.6 is 12.2 Å². The Kier molecular flexibility index (Phi) is 5.52. The first-order valence-electron chi connectivity index (χ1n) is 8.43. The van der Waals surface area contributed by atoms with E-state index in [0.717, 1.165) is 11.3 Å². The lowest BCUT2D eigenvalue weighted by Crippen LogP contribution is -2.35. The molecule has 1 aromatic heterocycles. The smallest absolute Gasteiger partial charge is 0.272 e. The molecule has 0 spiro atoms. The zero-order valence-corrected chi connectivity index (χ0v) is 15.9. The first-order valence-corrected chi connectivity index (χ1v) is 8.84. The molecule has 6 nitrogen and oxygen atoms in total. The summed E-state index contributed by atoms with van der Waals surface area (Å²) in [6.07, 6.45) is 1.56. The first kappa shape index (κ1) is 18.6. The molecule has 27 heavy (non-hydrogen) atoms. The summed E-state index contributed by atoms with van der Waals surface area (Å²) < 4.78 is 2.08. The van der Waals surface area contributed by atoms with E-state index in [1.165, 1.54) is 4.90 Å². The Labute approximate surface area is 162 Å². The molecule has 3 rings (SSSR count). The van der Waals surface area contributed by atoms with E-state index >= 15 is 0 Å². The Hall–Kier alpha value is -3.19. The highest BCUT2D eigenvalue weighted by atomic mass is 32.1. The number of H-pyrrole nitrogens is 1. The number of nitrogens with zero attached hydrogens (tertiary/aromatic N) is 2. The third-order valence-electron chi connectivity index (χ3n) is 4.07. The number of benzene rings is 2. The van der Waals surface area contributed by atoms with Crippen molar-refractivity contribution >= 4 is 29.7 Å². The van der Waals surface area contributed by atoms with Crippen LogP contribution in [0.25, 0.3) is 5.69 Å². The van der Waals surface area contributed by atoms with Crippen molar-refractivity contribution in [3.05, 3.63) is 76.8 Å². The van der Waals surface area contributed by atoms with E-state index < -0.39 is 0 Å². The van der Waals surface area contributed by atoms with Crippen LogP contribution in [-0.4, -0.2) is 39.9 Å². The number of rotatable bonds is 5. The molecule has 0 unspecified atom stereocenters. The number of hydrogen-bond donors (Lipinski definition) is 2. The quantitative estimate of drug-likeness (QED) is 0.665. The molecule has 0 bridgehead atoms. The number of carbonyl (C=O) groups excluding carboxylic acids is 2. The number of para-hydroxylation sites is 1. The predicted molar refractivity (Wildman–Crippen MR) is 108 cm³/mol. The number of hydrogen-bond acceptors (Lipinski definition) is 3. The molecule has 0 aliphatic rings. The van der Waals surface area contributed by atoms with Crippen molar-refractivity contribution in [2.24, 2.45) is 0 Å². The van der Waals surface area contributed by atoms with Gasteiger partial charge in [0.25, 0.3) is 5.91 Å². The molecule has 138 valence electrons. The molecule has 0 saturated carbocycles. The molecule has 0 aliphatic heterocycles. The van der Waals surface area contributed by atoms with Gasteiger partial charge in [-0.2, -0.15) is 0 Å². The number of carbonyl (C=O) groups is 2. The molecule has 3 aromatic rings. The fraction of sp³-hybridized carbons (Fsp3) is 0.150. The molecule has 1 heterocycles. The van der Waals surface area contributed by atoms with Gasteiger partial charge in [0.1, 0.15) is 5.69 Å². The fourth-order valence-electron chi connectivity index (χ4n) is 2.68. The lowest BCUT2D eigenvalue weighted by Gasteiger charge is -2.18. The van der Waals surface area contributed by atoms with Crippen LogP contribution in [0.2, 0.25) is 0 Å². The predicted octanol–water partition coefficient (Wildman–Crippen LogP) is 3.55. The second kappa shape index (κ2) is 8.01. The molecule has 2 aromatic carbocycles. The molecule has 0 aliphatic carbocycles. The van der Waals surface area contributed by atoms with Gasteiger partial charge in [-0.05, 0) is 43.4 Å². The largest absolute Gasteiger partial charge is 0.336 e. The van der Waals surface area contributed by atoms with Crippen LogP contribution in [0.3, 0.4) is 0 Å².